The van der Waals surface area contributed by atoms with E-state index in [-0.39, 0.29) is 11.1 Å². The number of fused-ring (bicyclic) bond motifs is 1. The van der Waals surface area contributed by atoms with Crippen LogP contribution in [0.2, 0.25) is 0 Å². The Kier molecular flexibility index (Phi) is 1.19. The molecule has 0 unspecified atom stereocenters. The molecular formula is C6H4N2O2S. The second kappa shape index (κ2) is 2.06. The molecule has 56 valence electrons. The molecule has 11 heavy (non-hydrogen) atoms. The average Bonchev–Trinajstić information content (AvgIpc) is 2.34. The standard InChI is InChI=1S/C6H4N2O2S/c9-5-4-3(1-2-10-4)7-6(11)8-5/h1-2H,(H2,7,8,9,11). The summed E-state index contributed by atoms with van der Waals surface area (Å²) in [6.45, 7) is 0. The lowest BCUT2D eigenvalue weighted by Crippen LogP contribution is -2.05. The molecule has 2 rings (SSSR count). The normalized spacial score (nSPS) is 10.5. The van der Waals surface area contributed by atoms with E-state index < -0.39 is 0 Å². The summed E-state index contributed by atoms with van der Waals surface area (Å²) < 4.78 is 5.19. The third-order valence-electron chi connectivity index (χ3n) is 1.35. The maximum absolute atomic E-state index is 11.0. The topological polar surface area (TPSA) is 61.8 Å². The SMILES string of the molecule is O=c1[nH]c(=S)[nH]c2ccoc12. The molecule has 0 aliphatic rings. The van der Waals surface area contributed by atoms with E-state index >= 15 is 0 Å². The summed E-state index contributed by atoms with van der Waals surface area (Å²) in [7, 11) is 0. The number of nitrogens with one attached hydrogen (secondary N) is 2. The van der Waals surface area contributed by atoms with Gasteiger partial charge in [0.25, 0.3) is 5.56 Å². The zero-order valence-corrected chi connectivity index (χ0v) is 6.20. The largest absolute Gasteiger partial charge is 0.457 e. The van der Waals surface area contributed by atoms with Crippen LogP contribution in [0, 0.1) is 4.77 Å². The molecule has 0 amide bonds. The molecule has 0 aliphatic carbocycles. The van der Waals surface area contributed by atoms with E-state index in [9.17, 15) is 4.79 Å². The van der Waals surface area contributed by atoms with Gasteiger partial charge in [-0.1, -0.05) is 0 Å². The van der Waals surface area contributed by atoms with Crippen molar-refractivity contribution in [3.63, 3.8) is 0 Å². The Labute approximate surface area is 65.9 Å². The minimum absolute atomic E-state index is 0.276. The van der Waals surface area contributed by atoms with E-state index in [0.29, 0.717) is 10.3 Å². The summed E-state index contributed by atoms with van der Waals surface area (Å²) in [5, 5.41) is 0. The number of hydrogen-bond donors (Lipinski definition) is 2. The number of hydrogen-bond acceptors (Lipinski definition) is 3. The molecule has 5 heteroatoms. The quantitative estimate of drug-likeness (QED) is 0.580. The summed E-state index contributed by atoms with van der Waals surface area (Å²) in [5.41, 5.74) is 0.603. The average molecular weight is 168 g/mol. The van der Waals surface area contributed by atoms with Crippen molar-refractivity contribution in [2.24, 2.45) is 0 Å². The fourth-order valence-corrected chi connectivity index (χ4v) is 1.10. The number of aromatic nitrogens is 2. The Morgan fingerprint density at radius 2 is 2.27 bits per heavy atom. The molecule has 2 aromatic heterocycles. The van der Waals surface area contributed by atoms with Crippen molar-refractivity contribution >= 4 is 23.3 Å². The van der Waals surface area contributed by atoms with E-state index in [1.54, 1.807) is 6.07 Å². The first kappa shape index (κ1) is 6.36. The molecule has 2 aromatic rings. The molecule has 4 nitrogen and oxygen atoms in total. The summed E-state index contributed by atoms with van der Waals surface area (Å²) in [6, 6.07) is 1.65. The molecule has 0 saturated heterocycles. The molecule has 0 fully saturated rings. The van der Waals surface area contributed by atoms with E-state index in [0.717, 1.165) is 0 Å². The summed E-state index contributed by atoms with van der Waals surface area (Å²) in [6.07, 6.45) is 1.44. The lowest BCUT2D eigenvalue weighted by atomic mass is 10.5. The predicted octanol–water partition coefficient (Wildman–Crippen LogP) is 1.18. The van der Waals surface area contributed by atoms with Gasteiger partial charge in [0.15, 0.2) is 4.77 Å². The van der Waals surface area contributed by atoms with Crippen LogP contribution < -0.4 is 5.56 Å². The highest BCUT2D eigenvalue weighted by molar-refractivity contribution is 7.71. The third kappa shape index (κ3) is 0.894. The fourth-order valence-electron chi connectivity index (χ4n) is 0.897. The van der Waals surface area contributed by atoms with Gasteiger partial charge in [-0.15, -0.1) is 0 Å². The Morgan fingerprint density at radius 3 is 3.09 bits per heavy atom. The zero-order valence-electron chi connectivity index (χ0n) is 5.38. The Bertz CT molecular complexity index is 493. The highest BCUT2D eigenvalue weighted by atomic mass is 32.1. The molecular weight excluding hydrogens is 164 g/mol. The summed E-state index contributed by atoms with van der Waals surface area (Å²) in [5.74, 6) is 0. The lowest BCUT2D eigenvalue weighted by Gasteiger charge is -1.85. The minimum Gasteiger partial charge on any atom is -0.457 e. The first-order valence-electron chi connectivity index (χ1n) is 2.97. The van der Waals surface area contributed by atoms with Crippen molar-refractivity contribution in [3.05, 3.63) is 27.5 Å². The smallest absolute Gasteiger partial charge is 0.295 e. The first-order chi connectivity index (χ1) is 5.27. The van der Waals surface area contributed by atoms with Crippen molar-refractivity contribution in [1.29, 1.82) is 0 Å². The Balaban J connectivity index is 3.15. The van der Waals surface area contributed by atoms with Crippen molar-refractivity contribution in [2.75, 3.05) is 0 Å². The van der Waals surface area contributed by atoms with E-state index in [1.807, 2.05) is 0 Å². The van der Waals surface area contributed by atoms with Gasteiger partial charge in [-0.25, -0.2) is 0 Å². The number of rotatable bonds is 0. The number of furan rings is 1. The van der Waals surface area contributed by atoms with E-state index in [2.05, 4.69) is 9.97 Å². The molecule has 2 N–H and O–H groups in total. The molecule has 0 atom stereocenters. The number of H-pyrrole nitrogens is 2. The van der Waals surface area contributed by atoms with Gasteiger partial charge in [-0.05, 0) is 12.2 Å². The highest BCUT2D eigenvalue weighted by Crippen LogP contribution is 2.04. The molecule has 2 heterocycles. The van der Waals surface area contributed by atoms with Crippen LogP contribution in [0.15, 0.2) is 21.5 Å². The predicted molar refractivity (Wildman–Crippen MR) is 42.0 cm³/mol. The van der Waals surface area contributed by atoms with Crippen LogP contribution in [-0.2, 0) is 0 Å². The minimum atomic E-state index is -0.297. The van der Waals surface area contributed by atoms with E-state index in [4.69, 9.17) is 16.6 Å². The molecule has 0 radical (unpaired) electrons. The van der Waals surface area contributed by atoms with Crippen LogP contribution >= 0.6 is 12.2 Å². The second-order valence-electron chi connectivity index (χ2n) is 2.07. The molecule has 0 aliphatic heterocycles. The van der Waals surface area contributed by atoms with Gasteiger partial charge in [0.1, 0.15) is 0 Å². The molecule has 0 aromatic carbocycles. The van der Waals surface area contributed by atoms with E-state index in [1.165, 1.54) is 6.26 Å². The van der Waals surface area contributed by atoms with Gasteiger partial charge in [0.05, 0.1) is 11.8 Å². The van der Waals surface area contributed by atoms with Crippen LogP contribution in [0.3, 0.4) is 0 Å². The van der Waals surface area contributed by atoms with Gasteiger partial charge in [-0.3, -0.25) is 9.78 Å². The summed E-state index contributed by atoms with van der Waals surface area (Å²) in [4.78, 5) is 16.2. The monoisotopic (exact) mass is 168 g/mol. The Morgan fingerprint density at radius 1 is 1.45 bits per heavy atom. The summed E-state index contributed by atoms with van der Waals surface area (Å²) >= 11 is 4.74. The van der Waals surface area contributed by atoms with Crippen molar-refractivity contribution in [1.82, 2.24) is 9.97 Å². The van der Waals surface area contributed by atoms with Crippen LogP contribution in [0.25, 0.3) is 11.1 Å². The van der Waals surface area contributed by atoms with Gasteiger partial charge >= 0.3 is 0 Å². The van der Waals surface area contributed by atoms with Crippen molar-refractivity contribution in [2.45, 2.75) is 0 Å². The number of aromatic amines is 2. The van der Waals surface area contributed by atoms with Gasteiger partial charge in [0, 0.05) is 6.07 Å². The van der Waals surface area contributed by atoms with Crippen LogP contribution in [0.1, 0.15) is 0 Å². The highest BCUT2D eigenvalue weighted by Gasteiger charge is 1.99. The second-order valence-corrected chi connectivity index (χ2v) is 2.48. The van der Waals surface area contributed by atoms with Crippen molar-refractivity contribution < 1.29 is 4.42 Å². The van der Waals surface area contributed by atoms with Crippen LogP contribution in [-0.4, -0.2) is 9.97 Å². The first-order valence-corrected chi connectivity index (χ1v) is 3.38. The zero-order chi connectivity index (χ0) is 7.84. The maximum Gasteiger partial charge on any atom is 0.295 e. The molecule has 0 saturated carbocycles. The van der Waals surface area contributed by atoms with Gasteiger partial charge in [-0.2, -0.15) is 0 Å². The maximum atomic E-state index is 11.0. The lowest BCUT2D eigenvalue weighted by molar-refractivity contribution is 0.609. The molecule has 0 spiro atoms. The van der Waals surface area contributed by atoms with Gasteiger partial charge < -0.3 is 9.40 Å². The van der Waals surface area contributed by atoms with Crippen molar-refractivity contribution in [3.8, 4) is 0 Å². The third-order valence-corrected chi connectivity index (χ3v) is 1.55. The van der Waals surface area contributed by atoms with Gasteiger partial charge in [0.2, 0.25) is 5.58 Å². The van der Waals surface area contributed by atoms with Crippen LogP contribution in [0.5, 0.6) is 0 Å². The molecule has 0 bridgehead atoms. The van der Waals surface area contributed by atoms with Crippen LogP contribution in [0.4, 0.5) is 0 Å². The Hall–Kier alpha value is -1.36. The fraction of sp³-hybridized carbons (Fsp3) is 0.